The van der Waals surface area contributed by atoms with Crippen LogP contribution in [0.2, 0.25) is 0 Å². The topological polar surface area (TPSA) is 252 Å². The third-order valence-electron chi connectivity index (χ3n) is 11.8. The summed E-state index contributed by atoms with van der Waals surface area (Å²) in [5.41, 5.74) is 4.48. The Bertz CT molecular complexity index is 1520. The number of esters is 2. The van der Waals surface area contributed by atoms with Gasteiger partial charge in [-0.05, 0) is 81.3 Å². The van der Waals surface area contributed by atoms with E-state index in [-0.39, 0.29) is 61.2 Å². The first-order chi connectivity index (χ1) is 34.9. The first-order valence-electron chi connectivity index (χ1n) is 28.2. The number of carboxylic acid groups (broad SMARTS) is 2. The van der Waals surface area contributed by atoms with E-state index < -0.39 is 29.7 Å². The third-order valence-corrected chi connectivity index (χ3v) is 11.8. The average Bonchev–Trinajstić information content (AvgIpc) is 3.61. The molecule has 18 heteroatoms. The molecule has 74 heavy (non-hydrogen) atoms. The van der Waals surface area contributed by atoms with Crippen LogP contribution in [0.5, 0.6) is 0 Å². The molecule has 0 aromatic carbocycles. The molecule has 1 fully saturated rings. The van der Waals surface area contributed by atoms with Gasteiger partial charge in [-0.15, -0.1) is 5.06 Å². The molecule has 0 radical (unpaired) electrons. The molecular formula is C56H105N5O13. The summed E-state index contributed by atoms with van der Waals surface area (Å²) in [6, 6.07) is 0. The van der Waals surface area contributed by atoms with Crippen molar-refractivity contribution in [1.29, 1.82) is 0 Å². The number of nitrogens with two attached hydrogens (primary N) is 1. The summed E-state index contributed by atoms with van der Waals surface area (Å²) in [7, 11) is 3.72. The molecule has 3 amide bonds. The molecule has 0 saturated carbocycles. The van der Waals surface area contributed by atoms with Crippen LogP contribution >= 0.6 is 0 Å². The number of nitrogens with one attached hydrogen (secondary N) is 1. The Labute approximate surface area is 446 Å². The molecule has 1 aliphatic heterocycles. The largest absolute Gasteiger partial charge is 0.481 e. The van der Waals surface area contributed by atoms with Crippen LogP contribution in [0.25, 0.3) is 0 Å². The van der Waals surface area contributed by atoms with Crippen molar-refractivity contribution in [2.24, 2.45) is 5.73 Å². The van der Waals surface area contributed by atoms with Gasteiger partial charge < -0.3 is 45.4 Å². The lowest BCUT2D eigenvalue weighted by Gasteiger charge is -2.19. The van der Waals surface area contributed by atoms with E-state index in [4.69, 9.17) is 30.3 Å². The Balaban J connectivity index is 0. The van der Waals surface area contributed by atoms with Crippen molar-refractivity contribution in [2.75, 3.05) is 53.4 Å². The minimum Gasteiger partial charge on any atom is -0.481 e. The SMILES string of the molecule is CC(C)(C)OC(=O)CCCCCCCCCCCCCCC(=O)ON1C(=O)CCC1=O.CN(CCN)CCC(=O)O.CN(CCNC(=O)CCCCCCCCCCCCCCC(=O)OC(C)(C)C)CCC(=O)O. The Morgan fingerprint density at radius 2 is 0.770 bits per heavy atom. The molecule has 0 aromatic rings. The molecule has 1 heterocycles. The lowest BCUT2D eigenvalue weighted by Crippen LogP contribution is -2.33. The van der Waals surface area contributed by atoms with Gasteiger partial charge in [-0.25, -0.2) is 4.79 Å². The van der Waals surface area contributed by atoms with Crippen molar-refractivity contribution in [3.05, 3.63) is 0 Å². The highest BCUT2D eigenvalue weighted by molar-refractivity contribution is 6.01. The molecule has 0 aliphatic carbocycles. The fourth-order valence-electron chi connectivity index (χ4n) is 7.71. The van der Waals surface area contributed by atoms with Gasteiger partial charge >= 0.3 is 29.8 Å². The lowest BCUT2D eigenvalue weighted by atomic mass is 10.0. The van der Waals surface area contributed by atoms with Crippen LogP contribution in [0.4, 0.5) is 0 Å². The van der Waals surface area contributed by atoms with E-state index in [1.54, 1.807) is 0 Å². The number of nitrogens with zero attached hydrogens (tertiary/aromatic N) is 3. The van der Waals surface area contributed by atoms with Gasteiger partial charge in [0.05, 0.1) is 12.8 Å². The van der Waals surface area contributed by atoms with Gasteiger partial charge in [-0.1, -0.05) is 128 Å². The zero-order valence-corrected chi connectivity index (χ0v) is 47.7. The second-order valence-corrected chi connectivity index (χ2v) is 21.7. The number of aliphatic carboxylic acids is 2. The first-order valence-corrected chi connectivity index (χ1v) is 28.2. The second-order valence-electron chi connectivity index (χ2n) is 21.7. The molecule has 0 unspecified atom stereocenters. The van der Waals surface area contributed by atoms with E-state index in [1.807, 2.05) is 65.4 Å². The quantitative estimate of drug-likeness (QED) is 0.0252. The number of likely N-dealkylation sites (N-methyl/N-ethyl adjacent to an activating group) is 2. The third kappa shape index (κ3) is 52.7. The Morgan fingerprint density at radius 3 is 1.08 bits per heavy atom. The molecule has 1 aliphatic rings. The van der Waals surface area contributed by atoms with E-state index in [9.17, 15) is 38.4 Å². The summed E-state index contributed by atoms with van der Waals surface area (Å²) in [4.78, 5) is 98.8. The summed E-state index contributed by atoms with van der Waals surface area (Å²) in [6.07, 6.45) is 29.7. The molecule has 0 aromatic heterocycles. The Hall–Kier alpha value is -4.16. The smallest absolute Gasteiger partial charge is 0.333 e. The highest BCUT2D eigenvalue weighted by Gasteiger charge is 2.32. The number of hydroxylamine groups is 2. The minimum atomic E-state index is -0.797. The Kier molecular flexibility index (Phi) is 44.9. The van der Waals surface area contributed by atoms with Crippen LogP contribution in [0.1, 0.15) is 247 Å². The number of ether oxygens (including phenoxy) is 2. The first kappa shape index (κ1) is 71.9. The molecule has 0 spiro atoms. The minimum absolute atomic E-state index is 0.0825. The number of imide groups is 1. The van der Waals surface area contributed by atoms with Crippen LogP contribution in [0, 0.1) is 0 Å². The number of carbonyl (C=O) groups is 8. The molecule has 0 atom stereocenters. The van der Waals surface area contributed by atoms with E-state index in [0.717, 1.165) is 70.8 Å². The number of carboxylic acids is 2. The van der Waals surface area contributed by atoms with Gasteiger partial charge in [0.15, 0.2) is 0 Å². The predicted molar refractivity (Wildman–Crippen MR) is 290 cm³/mol. The normalized spacial score (nSPS) is 12.5. The highest BCUT2D eigenvalue weighted by atomic mass is 16.7. The molecular weight excluding hydrogens is 951 g/mol. The van der Waals surface area contributed by atoms with Gasteiger partial charge in [-0.3, -0.25) is 33.6 Å². The van der Waals surface area contributed by atoms with E-state index in [1.165, 1.54) is 89.9 Å². The second kappa shape index (κ2) is 46.2. The average molecular weight is 1060 g/mol. The molecule has 5 N–H and O–H groups in total. The zero-order chi connectivity index (χ0) is 56.0. The maximum atomic E-state index is 11.8. The van der Waals surface area contributed by atoms with E-state index >= 15 is 0 Å². The van der Waals surface area contributed by atoms with Crippen molar-refractivity contribution >= 4 is 47.6 Å². The summed E-state index contributed by atoms with van der Waals surface area (Å²) in [6.45, 7) is 15.0. The van der Waals surface area contributed by atoms with Gasteiger partial charge in [0.1, 0.15) is 11.2 Å². The number of hydrogen-bond donors (Lipinski definition) is 4. The highest BCUT2D eigenvalue weighted by Crippen LogP contribution is 2.18. The summed E-state index contributed by atoms with van der Waals surface area (Å²) in [5, 5.41) is 20.4. The number of amides is 3. The summed E-state index contributed by atoms with van der Waals surface area (Å²) in [5.74, 6) is -3.01. The maximum absolute atomic E-state index is 11.8. The number of carbonyl (C=O) groups excluding carboxylic acids is 6. The standard InChI is InChI=1S/C26H50N2O5.C24H41NO6.C6H14N2O2/c1-26(2,3)33-25(32)18-16-14-12-10-8-6-5-7-9-11-13-15-17-23(29)27-20-22-28(4)21-19-24(30)31;1-24(2,3)30-22(28)16-14-12-10-8-6-4-5-7-9-11-13-15-17-23(29)31-25-20(26)18-19-21(25)27;1-8(5-3-7)4-2-6(9)10/h5-22H2,1-4H3,(H,27,29)(H,30,31);4-19H2,1-3H3;2-5,7H2,1H3,(H,9,10). The zero-order valence-electron chi connectivity index (χ0n) is 47.7. The van der Waals surface area contributed by atoms with Crippen LogP contribution in [-0.4, -0.2) is 137 Å². The van der Waals surface area contributed by atoms with Crippen molar-refractivity contribution in [2.45, 2.75) is 258 Å². The molecule has 0 bridgehead atoms. The van der Waals surface area contributed by atoms with Crippen molar-refractivity contribution in [3.8, 4) is 0 Å². The van der Waals surface area contributed by atoms with E-state index in [0.29, 0.717) is 57.0 Å². The lowest BCUT2D eigenvalue weighted by molar-refractivity contribution is -0.197. The van der Waals surface area contributed by atoms with Crippen LogP contribution in [0.3, 0.4) is 0 Å². The number of hydrogen-bond acceptors (Lipinski definition) is 14. The van der Waals surface area contributed by atoms with Gasteiger partial charge in [0, 0.05) is 77.8 Å². The van der Waals surface area contributed by atoms with Crippen molar-refractivity contribution in [3.63, 3.8) is 0 Å². The predicted octanol–water partition coefficient (Wildman–Crippen LogP) is 10.1. The van der Waals surface area contributed by atoms with Crippen LogP contribution in [0.15, 0.2) is 0 Å². The Morgan fingerprint density at radius 1 is 0.473 bits per heavy atom. The maximum Gasteiger partial charge on any atom is 0.333 e. The van der Waals surface area contributed by atoms with E-state index in [2.05, 4.69) is 5.32 Å². The van der Waals surface area contributed by atoms with Crippen molar-refractivity contribution in [1.82, 2.24) is 20.2 Å². The van der Waals surface area contributed by atoms with Gasteiger partial charge in [0.2, 0.25) is 5.91 Å². The number of rotatable bonds is 42. The van der Waals surface area contributed by atoms with Gasteiger partial charge in [0.25, 0.3) is 11.8 Å². The summed E-state index contributed by atoms with van der Waals surface area (Å²) < 4.78 is 10.6. The molecule has 1 saturated heterocycles. The number of unbranched alkanes of at least 4 members (excludes halogenated alkanes) is 22. The molecule has 432 valence electrons. The molecule has 18 nitrogen and oxygen atoms in total. The van der Waals surface area contributed by atoms with Crippen LogP contribution < -0.4 is 11.1 Å². The summed E-state index contributed by atoms with van der Waals surface area (Å²) >= 11 is 0. The molecule has 1 rings (SSSR count). The fourth-order valence-corrected chi connectivity index (χ4v) is 7.71. The van der Waals surface area contributed by atoms with Crippen LogP contribution in [-0.2, 0) is 52.7 Å². The van der Waals surface area contributed by atoms with Crippen molar-refractivity contribution < 1.29 is 62.9 Å². The monoisotopic (exact) mass is 1060 g/mol. The fraction of sp³-hybridized carbons (Fsp3) is 0.857. The van der Waals surface area contributed by atoms with Gasteiger partial charge in [-0.2, -0.15) is 0 Å².